The van der Waals surface area contributed by atoms with Crippen molar-refractivity contribution < 1.29 is 24.5 Å². The molecule has 0 fully saturated rings. The van der Waals surface area contributed by atoms with E-state index in [9.17, 15) is 19.8 Å². The van der Waals surface area contributed by atoms with Gasteiger partial charge in [0.05, 0.1) is 25.4 Å². The molecular formula is C74H141NO5. The molecule has 6 nitrogen and oxygen atoms in total. The fourth-order valence-corrected chi connectivity index (χ4v) is 11.4. The fraction of sp³-hybridized carbons (Fsp3) is 0.892. The summed E-state index contributed by atoms with van der Waals surface area (Å²) in [6.07, 6.45) is 89.1. The minimum atomic E-state index is -0.664. The predicted octanol–water partition coefficient (Wildman–Crippen LogP) is 23.5. The maximum atomic E-state index is 12.5. The number of carbonyl (C=O) groups is 2. The van der Waals surface area contributed by atoms with Crippen LogP contribution in [0.15, 0.2) is 36.5 Å². The summed E-state index contributed by atoms with van der Waals surface area (Å²) >= 11 is 0. The number of hydrogen-bond donors (Lipinski definition) is 3. The number of hydrogen-bond acceptors (Lipinski definition) is 5. The Labute approximate surface area is 500 Å². The Morgan fingerprint density at radius 3 is 0.975 bits per heavy atom. The van der Waals surface area contributed by atoms with Crippen molar-refractivity contribution >= 4 is 11.9 Å². The van der Waals surface area contributed by atoms with Crippen LogP contribution in [0.5, 0.6) is 0 Å². The molecule has 0 saturated heterocycles. The van der Waals surface area contributed by atoms with Crippen molar-refractivity contribution in [1.29, 1.82) is 0 Å². The van der Waals surface area contributed by atoms with Crippen LogP contribution in [0.1, 0.15) is 399 Å². The van der Waals surface area contributed by atoms with E-state index in [-0.39, 0.29) is 18.5 Å². The zero-order chi connectivity index (χ0) is 57.8. The molecule has 472 valence electrons. The van der Waals surface area contributed by atoms with Gasteiger partial charge in [-0.1, -0.05) is 339 Å². The Bertz CT molecular complexity index is 1300. The van der Waals surface area contributed by atoms with Crippen molar-refractivity contribution in [3.05, 3.63) is 36.5 Å². The van der Waals surface area contributed by atoms with Crippen LogP contribution in [-0.4, -0.2) is 47.4 Å². The third kappa shape index (κ3) is 65.2. The molecule has 1 amide bonds. The highest BCUT2D eigenvalue weighted by molar-refractivity contribution is 5.76. The number of carbonyl (C=O) groups excluding carboxylic acids is 2. The lowest BCUT2D eigenvalue weighted by Crippen LogP contribution is -2.45. The summed E-state index contributed by atoms with van der Waals surface area (Å²) in [4.78, 5) is 24.6. The molecule has 6 heteroatoms. The van der Waals surface area contributed by atoms with Crippen LogP contribution in [0.3, 0.4) is 0 Å². The summed E-state index contributed by atoms with van der Waals surface area (Å²) in [6, 6.07) is -0.541. The van der Waals surface area contributed by atoms with Crippen LogP contribution in [-0.2, 0) is 14.3 Å². The number of allylic oxidation sites excluding steroid dienone is 6. The van der Waals surface area contributed by atoms with Gasteiger partial charge in [-0.25, -0.2) is 0 Å². The minimum absolute atomic E-state index is 0.00966. The third-order valence-electron chi connectivity index (χ3n) is 16.9. The van der Waals surface area contributed by atoms with E-state index in [4.69, 9.17) is 4.74 Å². The lowest BCUT2D eigenvalue weighted by atomic mass is 10.0. The summed E-state index contributed by atoms with van der Waals surface area (Å²) in [6.45, 7) is 4.97. The van der Waals surface area contributed by atoms with E-state index in [1.807, 2.05) is 0 Å². The van der Waals surface area contributed by atoms with Gasteiger partial charge in [0.2, 0.25) is 5.91 Å². The second kappa shape index (κ2) is 69.6. The molecule has 0 saturated carbocycles. The number of aliphatic hydroxyl groups is 2. The number of esters is 1. The Morgan fingerprint density at radius 1 is 0.350 bits per heavy atom. The van der Waals surface area contributed by atoms with Gasteiger partial charge in [0, 0.05) is 12.8 Å². The molecule has 0 aromatic carbocycles. The van der Waals surface area contributed by atoms with Crippen molar-refractivity contribution in [3.8, 4) is 0 Å². The molecular weight excluding hydrogens is 983 g/mol. The first-order valence-corrected chi connectivity index (χ1v) is 36.2. The molecule has 3 N–H and O–H groups in total. The second-order valence-corrected chi connectivity index (χ2v) is 24.9. The third-order valence-corrected chi connectivity index (χ3v) is 16.9. The highest BCUT2D eigenvalue weighted by Gasteiger charge is 2.20. The van der Waals surface area contributed by atoms with Gasteiger partial charge in [-0.3, -0.25) is 9.59 Å². The van der Waals surface area contributed by atoms with E-state index in [0.717, 1.165) is 51.4 Å². The molecule has 0 rings (SSSR count). The molecule has 2 atom stereocenters. The van der Waals surface area contributed by atoms with Gasteiger partial charge in [-0.05, 0) is 83.5 Å². The number of amides is 1. The lowest BCUT2D eigenvalue weighted by Gasteiger charge is -2.22. The Morgan fingerprint density at radius 2 is 0.625 bits per heavy atom. The number of rotatable bonds is 68. The summed E-state index contributed by atoms with van der Waals surface area (Å²) in [5, 5.41) is 23.4. The van der Waals surface area contributed by atoms with E-state index in [2.05, 4.69) is 55.6 Å². The van der Waals surface area contributed by atoms with Gasteiger partial charge in [0.15, 0.2) is 0 Å². The maximum Gasteiger partial charge on any atom is 0.305 e. The van der Waals surface area contributed by atoms with Crippen LogP contribution in [0.25, 0.3) is 0 Å². The Kier molecular flexibility index (Phi) is 67.9. The Balaban J connectivity index is 3.36. The zero-order valence-electron chi connectivity index (χ0n) is 54.1. The first kappa shape index (κ1) is 78.1. The molecule has 80 heavy (non-hydrogen) atoms. The number of unbranched alkanes of at least 4 members (excludes halogenated alkanes) is 51. The van der Waals surface area contributed by atoms with Gasteiger partial charge in [-0.15, -0.1) is 0 Å². The van der Waals surface area contributed by atoms with Crippen molar-refractivity contribution in [2.75, 3.05) is 13.2 Å². The number of nitrogens with one attached hydrogen (secondary N) is 1. The monoisotopic (exact) mass is 1120 g/mol. The maximum absolute atomic E-state index is 12.5. The predicted molar refractivity (Wildman–Crippen MR) is 352 cm³/mol. The molecule has 0 bridgehead atoms. The van der Waals surface area contributed by atoms with Crippen LogP contribution < -0.4 is 5.32 Å². The van der Waals surface area contributed by atoms with Crippen LogP contribution in [0, 0.1) is 0 Å². The largest absolute Gasteiger partial charge is 0.466 e. The smallest absolute Gasteiger partial charge is 0.305 e. The van der Waals surface area contributed by atoms with Gasteiger partial charge >= 0.3 is 5.97 Å². The summed E-state index contributed by atoms with van der Waals surface area (Å²) in [5.41, 5.74) is 0. The van der Waals surface area contributed by atoms with E-state index in [0.29, 0.717) is 25.9 Å². The standard InChI is InChI=1S/C74H141NO5/c1-3-5-7-9-11-13-15-17-19-21-36-40-44-48-52-56-60-64-68-74(79)80-69-65-61-57-53-49-45-41-37-34-32-30-28-26-24-22-23-25-27-29-31-33-35-39-43-47-51-55-59-63-67-73(78)75-71(70-76)72(77)66-62-58-54-50-46-42-38-20-18-16-14-12-10-8-6-4-2/h13,15,19,21-22,24,71-72,76-77H,3-12,14,16-18,20,23,25-70H2,1-2H3,(H,75,78)/b15-13-,21-19-,24-22-. The number of aliphatic hydroxyl groups excluding tert-OH is 2. The first-order chi connectivity index (χ1) is 39.5. The van der Waals surface area contributed by atoms with Gasteiger partial charge in [0.25, 0.3) is 0 Å². The molecule has 0 spiro atoms. The fourth-order valence-electron chi connectivity index (χ4n) is 11.4. The van der Waals surface area contributed by atoms with Crippen molar-refractivity contribution in [2.24, 2.45) is 0 Å². The average molecular weight is 1120 g/mol. The van der Waals surface area contributed by atoms with E-state index >= 15 is 0 Å². The summed E-state index contributed by atoms with van der Waals surface area (Å²) in [5.74, 6) is -0.0216. The van der Waals surface area contributed by atoms with Crippen molar-refractivity contribution in [2.45, 2.75) is 411 Å². The number of ether oxygens (including phenoxy) is 1. The summed E-state index contributed by atoms with van der Waals surface area (Å²) in [7, 11) is 0. The zero-order valence-corrected chi connectivity index (χ0v) is 54.1. The topological polar surface area (TPSA) is 95.9 Å². The van der Waals surface area contributed by atoms with Gasteiger partial charge in [-0.2, -0.15) is 0 Å². The molecule has 0 aliphatic carbocycles. The average Bonchev–Trinajstić information content (AvgIpc) is 3.46. The van der Waals surface area contributed by atoms with Crippen LogP contribution in [0.2, 0.25) is 0 Å². The van der Waals surface area contributed by atoms with Gasteiger partial charge < -0.3 is 20.3 Å². The molecule has 0 aromatic heterocycles. The molecule has 0 radical (unpaired) electrons. The van der Waals surface area contributed by atoms with Crippen molar-refractivity contribution in [1.82, 2.24) is 5.32 Å². The SMILES string of the molecule is CCCCCC/C=C\C/C=C\CCCCCCCCCC(=O)OCCCCCCCCCCCCCC/C=C\CCCCCCCCCCCCCCCC(=O)NC(CO)C(O)CCCCCCCCCCCCCCCCCC. The summed E-state index contributed by atoms with van der Waals surface area (Å²) < 4.78 is 5.50. The van der Waals surface area contributed by atoms with Crippen molar-refractivity contribution in [3.63, 3.8) is 0 Å². The molecule has 0 heterocycles. The molecule has 2 unspecified atom stereocenters. The van der Waals surface area contributed by atoms with E-state index in [1.54, 1.807) is 0 Å². The van der Waals surface area contributed by atoms with Gasteiger partial charge in [0.1, 0.15) is 0 Å². The minimum Gasteiger partial charge on any atom is -0.466 e. The molecule has 0 aromatic rings. The van der Waals surface area contributed by atoms with Crippen LogP contribution in [0.4, 0.5) is 0 Å². The quantitative estimate of drug-likeness (QED) is 0.0320. The lowest BCUT2D eigenvalue weighted by molar-refractivity contribution is -0.143. The molecule has 0 aliphatic rings. The molecule has 0 aliphatic heterocycles. The first-order valence-electron chi connectivity index (χ1n) is 36.2. The second-order valence-electron chi connectivity index (χ2n) is 24.9. The van der Waals surface area contributed by atoms with Crippen LogP contribution >= 0.6 is 0 Å². The van der Waals surface area contributed by atoms with E-state index < -0.39 is 12.1 Å². The highest BCUT2D eigenvalue weighted by Crippen LogP contribution is 2.19. The Hall–Kier alpha value is -1.92. The van der Waals surface area contributed by atoms with E-state index in [1.165, 1.54) is 315 Å². The normalized spacial score (nSPS) is 12.7. The highest BCUT2D eigenvalue weighted by atomic mass is 16.5.